The number of hydrogen-bond acceptors (Lipinski definition) is 11. The summed E-state index contributed by atoms with van der Waals surface area (Å²) in [6, 6.07) is 12.0. The molecule has 4 rings (SSSR count). The van der Waals surface area contributed by atoms with E-state index in [0.29, 0.717) is 16.4 Å². The maximum atomic E-state index is 12.9. The molecule has 1 saturated carbocycles. The van der Waals surface area contributed by atoms with Gasteiger partial charge in [0.05, 0.1) is 11.6 Å². The highest BCUT2D eigenvalue weighted by Crippen LogP contribution is 2.48. The molecular formula is C30H34ClF3N8O5. The van der Waals surface area contributed by atoms with Crippen LogP contribution < -0.4 is 26.0 Å². The van der Waals surface area contributed by atoms with Gasteiger partial charge in [0.2, 0.25) is 11.9 Å². The molecule has 1 fully saturated rings. The Bertz CT molecular complexity index is 1570. The number of ether oxygens (including phenoxy) is 2. The fraction of sp³-hybridized carbons (Fsp3) is 0.400. The summed E-state index contributed by atoms with van der Waals surface area (Å²) < 4.78 is 48.8. The van der Waals surface area contributed by atoms with Crippen LogP contribution in [0.4, 0.5) is 36.4 Å². The summed E-state index contributed by atoms with van der Waals surface area (Å²) in [5.41, 5.74) is 1.29. The van der Waals surface area contributed by atoms with Gasteiger partial charge in [0.1, 0.15) is 6.04 Å². The van der Waals surface area contributed by atoms with Crippen molar-refractivity contribution in [2.24, 2.45) is 0 Å². The molecule has 1 aliphatic rings. The van der Waals surface area contributed by atoms with Crippen LogP contribution in [0.25, 0.3) is 0 Å². The van der Waals surface area contributed by atoms with Crippen molar-refractivity contribution < 1.29 is 37.0 Å². The summed E-state index contributed by atoms with van der Waals surface area (Å²) in [6.45, 7) is 1.52. The second kappa shape index (κ2) is 14.7. The molecule has 13 nitrogen and oxygen atoms in total. The second-order valence-corrected chi connectivity index (χ2v) is 11.6. The van der Waals surface area contributed by atoms with Crippen LogP contribution in [-0.2, 0) is 24.7 Å². The van der Waals surface area contributed by atoms with Gasteiger partial charge in [-0.15, -0.1) is 0 Å². The number of hydrogen-bond donors (Lipinski definition) is 4. The third kappa shape index (κ3) is 10.3. The van der Waals surface area contributed by atoms with E-state index in [1.54, 1.807) is 50.2 Å². The molecule has 3 aromatic rings. The standard InChI is InChI=1S/C30H34ClF3N8O5/c1-17(2)47-25(45)22(15-35-23(43)24(44)42(3)4)36-20-9-11-21(12-10-20)37-26-38-27(40-28(39-26)46-16-30(32,33)34)41-29(13-14-29)18-5-7-19(31)8-6-18/h5-12,17,22,36H,13-16H2,1-4H3,(H,35,43)(H2,37,38,39,40,41). The molecule has 0 bridgehead atoms. The van der Waals surface area contributed by atoms with Crippen molar-refractivity contribution in [1.29, 1.82) is 0 Å². The summed E-state index contributed by atoms with van der Waals surface area (Å²) in [6.07, 6.45) is -3.57. The predicted molar refractivity (Wildman–Crippen MR) is 167 cm³/mol. The molecule has 1 unspecified atom stereocenters. The van der Waals surface area contributed by atoms with Gasteiger partial charge in [0, 0.05) is 37.0 Å². The lowest BCUT2D eigenvalue weighted by Crippen LogP contribution is -2.47. The summed E-state index contributed by atoms with van der Waals surface area (Å²) in [5.74, 6) is -2.39. The molecule has 2 amide bonds. The van der Waals surface area contributed by atoms with Crippen molar-refractivity contribution in [3.05, 3.63) is 59.1 Å². The molecule has 1 aliphatic carbocycles. The Hall–Kier alpha value is -4.86. The summed E-state index contributed by atoms with van der Waals surface area (Å²) >= 11 is 6.02. The zero-order valence-electron chi connectivity index (χ0n) is 25.9. The third-order valence-corrected chi connectivity index (χ3v) is 6.92. The molecule has 0 saturated heterocycles. The van der Waals surface area contributed by atoms with Crippen LogP contribution in [0.1, 0.15) is 32.3 Å². The number of carbonyl (C=O) groups is 3. The van der Waals surface area contributed by atoms with Crippen LogP contribution in [0.2, 0.25) is 5.02 Å². The highest BCUT2D eigenvalue weighted by atomic mass is 35.5. The van der Waals surface area contributed by atoms with Gasteiger partial charge in [-0.3, -0.25) is 9.59 Å². The molecule has 1 heterocycles. The van der Waals surface area contributed by atoms with Crippen molar-refractivity contribution in [3.63, 3.8) is 0 Å². The van der Waals surface area contributed by atoms with E-state index in [1.807, 2.05) is 12.1 Å². The number of amides is 2. The Balaban J connectivity index is 1.50. The molecule has 0 radical (unpaired) electrons. The van der Waals surface area contributed by atoms with E-state index in [9.17, 15) is 27.6 Å². The molecule has 4 N–H and O–H groups in total. The molecule has 2 aromatic carbocycles. The number of anilines is 4. The SMILES string of the molecule is CC(C)OC(=O)C(CNC(=O)C(=O)N(C)C)Nc1ccc(Nc2nc(NC3(c4ccc(Cl)cc4)CC3)nc(OCC(F)(F)F)n2)cc1. The molecule has 1 aromatic heterocycles. The molecule has 0 spiro atoms. The Morgan fingerprint density at radius 3 is 2.15 bits per heavy atom. The van der Waals surface area contributed by atoms with Crippen molar-refractivity contribution in [2.75, 3.05) is 43.2 Å². The van der Waals surface area contributed by atoms with Gasteiger partial charge in [-0.1, -0.05) is 23.7 Å². The summed E-state index contributed by atoms with van der Waals surface area (Å²) in [4.78, 5) is 50.2. The zero-order valence-corrected chi connectivity index (χ0v) is 26.7. The maximum absolute atomic E-state index is 12.9. The molecule has 0 aliphatic heterocycles. The maximum Gasteiger partial charge on any atom is 0.422 e. The second-order valence-electron chi connectivity index (χ2n) is 11.2. The summed E-state index contributed by atoms with van der Waals surface area (Å²) in [5, 5.41) is 12.1. The Labute approximate surface area is 273 Å². The van der Waals surface area contributed by atoms with E-state index in [2.05, 4.69) is 36.2 Å². The number of esters is 1. The number of nitrogens with one attached hydrogen (secondary N) is 4. The number of benzene rings is 2. The van der Waals surface area contributed by atoms with Gasteiger partial charge in [-0.25, -0.2) is 4.79 Å². The molecule has 252 valence electrons. The van der Waals surface area contributed by atoms with Crippen LogP contribution in [0.5, 0.6) is 6.01 Å². The van der Waals surface area contributed by atoms with Gasteiger partial charge >= 0.3 is 30.0 Å². The Kier molecular flexibility index (Phi) is 11.0. The molecule has 1 atom stereocenters. The summed E-state index contributed by atoms with van der Waals surface area (Å²) in [7, 11) is 2.85. The zero-order chi connectivity index (χ0) is 34.4. The Morgan fingerprint density at radius 2 is 1.57 bits per heavy atom. The quantitative estimate of drug-likeness (QED) is 0.151. The highest BCUT2D eigenvalue weighted by Gasteiger charge is 2.45. The fourth-order valence-corrected chi connectivity index (χ4v) is 4.36. The molecular weight excluding hydrogens is 645 g/mol. The topological polar surface area (TPSA) is 160 Å². The van der Waals surface area contributed by atoms with Crippen LogP contribution >= 0.6 is 11.6 Å². The average Bonchev–Trinajstić information content (AvgIpc) is 3.78. The fourth-order valence-electron chi connectivity index (χ4n) is 4.23. The number of alkyl halides is 3. The van der Waals surface area contributed by atoms with Crippen LogP contribution in [0.15, 0.2) is 48.5 Å². The predicted octanol–water partition coefficient (Wildman–Crippen LogP) is 4.25. The van der Waals surface area contributed by atoms with E-state index < -0.39 is 54.3 Å². The smallest absolute Gasteiger partial charge is 0.422 e. The normalized spacial score (nSPS) is 14.1. The minimum absolute atomic E-state index is 0.00622. The van der Waals surface area contributed by atoms with Gasteiger partial charge in [0.15, 0.2) is 6.61 Å². The van der Waals surface area contributed by atoms with Crippen LogP contribution in [-0.4, -0.2) is 83.2 Å². The average molecular weight is 679 g/mol. The number of carbonyl (C=O) groups excluding carboxylic acids is 3. The van der Waals surface area contributed by atoms with E-state index in [0.717, 1.165) is 23.3 Å². The first-order valence-electron chi connectivity index (χ1n) is 14.5. The number of aromatic nitrogens is 3. The third-order valence-electron chi connectivity index (χ3n) is 6.66. The van der Waals surface area contributed by atoms with Crippen molar-refractivity contribution in [3.8, 4) is 6.01 Å². The van der Waals surface area contributed by atoms with Crippen molar-refractivity contribution in [2.45, 2.75) is 50.6 Å². The lowest BCUT2D eigenvalue weighted by Gasteiger charge is -2.21. The van der Waals surface area contributed by atoms with E-state index >= 15 is 0 Å². The lowest BCUT2D eigenvalue weighted by molar-refractivity contribution is -0.154. The minimum atomic E-state index is -4.61. The largest absolute Gasteiger partial charge is 0.461 e. The molecule has 17 heteroatoms. The van der Waals surface area contributed by atoms with Gasteiger partial charge < -0.3 is 35.6 Å². The van der Waals surface area contributed by atoms with Gasteiger partial charge in [-0.05, 0) is 68.7 Å². The minimum Gasteiger partial charge on any atom is -0.461 e. The number of likely N-dealkylation sites (N-methyl/N-ethyl adjacent to an activating group) is 1. The van der Waals surface area contributed by atoms with E-state index in [-0.39, 0.29) is 18.4 Å². The highest BCUT2D eigenvalue weighted by molar-refractivity contribution is 6.34. The van der Waals surface area contributed by atoms with Gasteiger partial charge in [-0.2, -0.15) is 28.1 Å². The van der Waals surface area contributed by atoms with Crippen LogP contribution in [0.3, 0.4) is 0 Å². The van der Waals surface area contributed by atoms with Crippen molar-refractivity contribution in [1.82, 2.24) is 25.2 Å². The van der Waals surface area contributed by atoms with E-state index in [1.165, 1.54) is 14.1 Å². The number of nitrogens with zero attached hydrogens (tertiary/aromatic N) is 4. The first kappa shape index (κ1) is 35.0. The van der Waals surface area contributed by atoms with Crippen molar-refractivity contribution >= 4 is 52.7 Å². The monoisotopic (exact) mass is 678 g/mol. The number of rotatable bonds is 13. The lowest BCUT2D eigenvalue weighted by atomic mass is 10.1. The molecule has 47 heavy (non-hydrogen) atoms. The Morgan fingerprint density at radius 1 is 0.957 bits per heavy atom. The first-order chi connectivity index (χ1) is 22.1. The number of halogens is 4. The first-order valence-corrected chi connectivity index (χ1v) is 14.8. The van der Waals surface area contributed by atoms with Gasteiger partial charge in [0.25, 0.3) is 0 Å². The van der Waals surface area contributed by atoms with E-state index in [4.69, 9.17) is 21.1 Å². The van der Waals surface area contributed by atoms with Crippen LogP contribution in [0, 0.1) is 0 Å².